The van der Waals surface area contributed by atoms with Crippen LogP contribution in [0.2, 0.25) is 0 Å². The van der Waals surface area contributed by atoms with Crippen LogP contribution in [-0.4, -0.2) is 49.4 Å². The zero-order valence-electron chi connectivity index (χ0n) is 19.7. The van der Waals surface area contributed by atoms with Crippen LogP contribution in [0.5, 0.6) is 0 Å². The fourth-order valence-electron chi connectivity index (χ4n) is 5.97. The molecule has 2 fully saturated rings. The Morgan fingerprint density at radius 2 is 1.89 bits per heavy atom. The summed E-state index contributed by atoms with van der Waals surface area (Å²) in [6.45, 7) is 4.05. The van der Waals surface area contributed by atoms with Crippen LogP contribution >= 0.6 is 0 Å². The van der Waals surface area contributed by atoms with Gasteiger partial charge in [0.05, 0.1) is 23.5 Å². The molecule has 176 valence electrons. The molecule has 5 heterocycles. The number of hydrogen-bond donors (Lipinski definition) is 1. The topological polar surface area (TPSA) is 104 Å². The first kappa shape index (κ1) is 21.4. The number of nitrogens with zero attached hydrogens (tertiary/aromatic N) is 7. The maximum atomic E-state index is 11.0. The molecule has 1 amide bonds. The molecular weight excluding hydrogens is 440 g/mol. The summed E-state index contributed by atoms with van der Waals surface area (Å²) >= 11 is 0. The standard InChI is InChI=1S/C26H26N8O/c1-26(29-16-35)6-19-13-33(14-20(19)7-26)24-4-3-17(9-28-24)23-5-18(22-11-30-32(2)12-22)15-34-25(23)21(8-27)10-31-34/h3-5,9-12,15-16,19-20H,6-7,13-14H2,1-2H3,(H,29,35)/t19-,20+,26+. The van der Waals surface area contributed by atoms with Gasteiger partial charge in [0.15, 0.2) is 0 Å². The van der Waals surface area contributed by atoms with Crippen LogP contribution in [0.4, 0.5) is 5.82 Å². The Morgan fingerprint density at radius 1 is 1.09 bits per heavy atom. The third-order valence-corrected chi connectivity index (χ3v) is 7.56. The van der Waals surface area contributed by atoms with Gasteiger partial charge in [0.25, 0.3) is 0 Å². The molecule has 3 atom stereocenters. The van der Waals surface area contributed by atoms with Crippen LogP contribution in [0.15, 0.2) is 49.2 Å². The number of amides is 1. The Kier molecular flexibility index (Phi) is 4.85. The van der Waals surface area contributed by atoms with E-state index in [4.69, 9.17) is 4.98 Å². The van der Waals surface area contributed by atoms with E-state index in [-0.39, 0.29) is 5.54 Å². The molecule has 9 heteroatoms. The Bertz CT molecular complexity index is 1450. The second-order valence-electron chi connectivity index (χ2n) is 10.1. The zero-order chi connectivity index (χ0) is 24.2. The van der Waals surface area contributed by atoms with E-state index in [0.29, 0.717) is 17.4 Å². The van der Waals surface area contributed by atoms with Crippen LogP contribution in [0.25, 0.3) is 27.8 Å². The van der Waals surface area contributed by atoms with Crippen LogP contribution in [-0.2, 0) is 11.8 Å². The summed E-state index contributed by atoms with van der Waals surface area (Å²) < 4.78 is 3.53. The zero-order valence-corrected chi connectivity index (χ0v) is 19.7. The summed E-state index contributed by atoms with van der Waals surface area (Å²) in [5.74, 6) is 2.09. The lowest BCUT2D eigenvalue weighted by molar-refractivity contribution is -0.111. The van der Waals surface area contributed by atoms with Gasteiger partial charge in [-0.3, -0.25) is 9.48 Å². The minimum atomic E-state index is -0.0885. The number of rotatable bonds is 5. The Labute approximate surface area is 203 Å². The number of hydrogen-bond acceptors (Lipinski definition) is 6. The van der Waals surface area contributed by atoms with E-state index in [0.717, 1.165) is 65.9 Å². The molecule has 1 saturated carbocycles. The molecule has 0 radical (unpaired) electrons. The van der Waals surface area contributed by atoms with Gasteiger partial charge in [-0.25, -0.2) is 9.50 Å². The number of anilines is 1. The number of nitrogens with one attached hydrogen (secondary N) is 1. The lowest BCUT2D eigenvalue weighted by atomic mass is 9.98. The largest absolute Gasteiger partial charge is 0.356 e. The fraction of sp³-hybridized carbons (Fsp3) is 0.346. The van der Waals surface area contributed by atoms with Crippen molar-refractivity contribution in [3.05, 3.63) is 54.7 Å². The van der Waals surface area contributed by atoms with Crippen molar-refractivity contribution in [3.8, 4) is 28.3 Å². The van der Waals surface area contributed by atoms with Crippen molar-refractivity contribution in [2.45, 2.75) is 25.3 Å². The predicted octanol–water partition coefficient (Wildman–Crippen LogP) is 3.02. The summed E-state index contributed by atoms with van der Waals surface area (Å²) in [6.07, 6.45) is 12.0. The average Bonchev–Trinajstić information content (AvgIpc) is 3.61. The summed E-state index contributed by atoms with van der Waals surface area (Å²) in [5.41, 5.74) is 5.01. The second kappa shape index (κ2) is 7.94. The van der Waals surface area contributed by atoms with E-state index in [2.05, 4.69) is 51.6 Å². The van der Waals surface area contributed by atoms with Crippen molar-refractivity contribution in [2.75, 3.05) is 18.0 Å². The molecule has 35 heavy (non-hydrogen) atoms. The highest BCUT2D eigenvalue weighted by molar-refractivity contribution is 5.87. The van der Waals surface area contributed by atoms with Gasteiger partial charge in [-0.15, -0.1) is 0 Å². The molecule has 1 N–H and O–H groups in total. The van der Waals surface area contributed by atoms with E-state index in [1.807, 2.05) is 31.8 Å². The van der Waals surface area contributed by atoms with Crippen molar-refractivity contribution in [2.24, 2.45) is 18.9 Å². The summed E-state index contributed by atoms with van der Waals surface area (Å²) in [5, 5.41) is 21.4. The minimum Gasteiger partial charge on any atom is -0.356 e. The fourth-order valence-corrected chi connectivity index (χ4v) is 5.97. The van der Waals surface area contributed by atoms with Crippen molar-refractivity contribution in [3.63, 3.8) is 0 Å². The minimum absolute atomic E-state index is 0.0885. The molecule has 0 aromatic carbocycles. The normalized spacial score (nSPS) is 23.4. The lowest BCUT2D eigenvalue weighted by Crippen LogP contribution is -2.40. The molecule has 9 nitrogen and oxygen atoms in total. The number of aromatic nitrogens is 5. The van der Waals surface area contributed by atoms with Crippen molar-refractivity contribution in [1.29, 1.82) is 5.26 Å². The van der Waals surface area contributed by atoms with Crippen LogP contribution in [0.1, 0.15) is 25.3 Å². The van der Waals surface area contributed by atoms with Gasteiger partial charge in [-0.05, 0) is 49.8 Å². The third kappa shape index (κ3) is 3.62. The highest BCUT2D eigenvalue weighted by Gasteiger charge is 2.46. The maximum absolute atomic E-state index is 11.0. The van der Waals surface area contributed by atoms with Crippen molar-refractivity contribution >= 4 is 17.7 Å². The first-order chi connectivity index (χ1) is 17.0. The quantitative estimate of drug-likeness (QED) is 0.454. The maximum Gasteiger partial charge on any atom is 0.207 e. The Hall–Kier alpha value is -4.19. The molecule has 1 aliphatic heterocycles. The summed E-state index contributed by atoms with van der Waals surface area (Å²) in [7, 11) is 1.89. The molecule has 4 aromatic heterocycles. The monoisotopic (exact) mass is 466 g/mol. The number of nitriles is 1. The number of carbonyl (C=O) groups is 1. The molecule has 6 rings (SSSR count). The Balaban J connectivity index is 1.31. The first-order valence-corrected chi connectivity index (χ1v) is 11.8. The van der Waals surface area contributed by atoms with E-state index < -0.39 is 0 Å². The molecule has 0 bridgehead atoms. The number of carbonyl (C=O) groups excluding carboxylic acids is 1. The van der Waals surface area contributed by atoms with Crippen molar-refractivity contribution in [1.82, 2.24) is 29.7 Å². The van der Waals surface area contributed by atoms with Gasteiger partial charge in [-0.1, -0.05) is 0 Å². The molecule has 4 aromatic rings. The molecular formula is C26H26N8O. The summed E-state index contributed by atoms with van der Waals surface area (Å²) in [6, 6.07) is 8.48. The van der Waals surface area contributed by atoms with E-state index >= 15 is 0 Å². The molecule has 2 aliphatic rings. The second-order valence-corrected chi connectivity index (χ2v) is 10.1. The van der Waals surface area contributed by atoms with Gasteiger partial charge < -0.3 is 10.2 Å². The van der Waals surface area contributed by atoms with Crippen molar-refractivity contribution < 1.29 is 4.79 Å². The average molecular weight is 467 g/mol. The highest BCUT2D eigenvalue weighted by Crippen LogP contribution is 2.44. The molecule has 0 unspecified atom stereocenters. The number of fused-ring (bicyclic) bond motifs is 2. The smallest absolute Gasteiger partial charge is 0.207 e. The van der Waals surface area contributed by atoms with E-state index in [1.165, 1.54) is 0 Å². The van der Waals surface area contributed by atoms with Gasteiger partial charge in [0.2, 0.25) is 6.41 Å². The SMILES string of the molecule is Cn1cc(-c2cc(-c3ccc(N4C[C@@H]5C[C@@](C)(NC=O)C[C@@H]5C4)nc3)c3c(C#N)cnn3c2)cn1. The lowest BCUT2D eigenvalue weighted by Gasteiger charge is -2.27. The predicted molar refractivity (Wildman–Crippen MR) is 131 cm³/mol. The van der Waals surface area contributed by atoms with Gasteiger partial charge in [0, 0.05) is 66.5 Å². The third-order valence-electron chi connectivity index (χ3n) is 7.56. The molecule has 0 spiro atoms. The number of aryl methyl sites for hydroxylation is 1. The van der Waals surface area contributed by atoms with E-state index in [9.17, 15) is 10.1 Å². The van der Waals surface area contributed by atoms with Gasteiger partial charge >= 0.3 is 0 Å². The van der Waals surface area contributed by atoms with Crippen LogP contribution in [0, 0.1) is 23.2 Å². The van der Waals surface area contributed by atoms with Crippen LogP contribution in [0.3, 0.4) is 0 Å². The van der Waals surface area contributed by atoms with E-state index in [1.54, 1.807) is 15.4 Å². The highest BCUT2D eigenvalue weighted by atomic mass is 16.1. The summed E-state index contributed by atoms with van der Waals surface area (Å²) in [4.78, 5) is 18.1. The molecule has 1 aliphatic carbocycles. The van der Waals surface area contributed by atoms with Gasteiger partial charge in [0.1, 0.15) is 11.9 Å². The van der Waals surface area contributed by atoms with Gasteiger partial charge in [-0.2, -0.15) is 15.5 Å². The molecule has 1 saturated heterocycles. The van der Waals surface area contributed by atoms with Crippen LogP contribution < -0.4 is 10.2 Å². The first-order valence-electron chi connectivity index (χ1n) is 11.8. The number of pyridine rings is 2. The Morgan fingerprint density at radius 3 is 2.51 bits per heavy atom.